The van der Waals surface area contributed by atoms with Crippen molar-refractivity contribution in [2.75, 3.05) is 0 Å². The van der Waals surface area contributed by atoms with Gasteiger partial charge in [0.25, 0.3) is 0 Å². The fraction of sp³-hybridized carbons (Fsp3) is 0.353. The van der Waals surface area contributed by atoms with Crippen molar-refractivity contribution in [1.82, 2.24) is 0 Å². The van der Waals surface area contributed by atoms with Gasteiger partial charge in [-0.25, -0.2) is 4.79 Å². The van der Waals surface area contributed by atoms with E-state index in [0.717, 1.165) is 6.42 Å². The van der Waals surface area contributed by atoms with Crippen molar-refractivity contribution >= 4 is 22.9 Å². The zero-order valence-electron chi connectivity index (χ0n) is 13.5. The Bertz CT molecular complexity index is 831. The molecule has 2 aromatic rings. The van der Waals surface area contributed by atoms with Gasteiger partial charge in [-0.15, -0.1) is 0 Å². The molecule has 0 N–H and O–H groups in total. The number of rotatable bonds is 4. The van der Waals surface area contributed by atoms with Crippen molar-refractivity contribution < 1.29 is 23.5 Å². The first kappa shape index (κ1) is 16.7. The Kier molecular flexibility index (Phi) is 4.83. The van der Waals surface area contributed by atoms with Gasteiger partial charge < -0.3 is 13.9 Å². The molecule has 0 amide bonds. The molecule has 0 aliphatic carbocycles. The minimum absolute atomic E-state index is 0.145. The predicted molar refractivity (Wildman–Crippen MR) is 83.8 cm³/mol. The Labute approximate surface area is 133 Å². The minimum Gasteiger partial charge on any atom is -0.426 e. The van der Waals surface area contributed by atoms with Crippen LogP contribution in [0.1, 0.15) is 38.3 Å². The van der Waals surface area contributed by atoms with Gasteiger partial charge in [-0.1, -0.05) is 13.3 Å². The predicted octanol–water partition coefficient (Wildman–Crippen LogP) is 2.90. The van der Waals surface area contributed by atoms with Crippen LogP contribution >= 0.6 is 0 Å². The zero-order valence-corrected chi connectivity index (χ0v) is 13.5. The Morgan fingerprint density at radius 3 is 2.35 bits per heavy atom. The van der Waals surface area contributed by atoms with Crippen molar-refractivity contribution in [2.24, 2.45) is 0 Å². The van der Waals surface area contributed by atoms with Crippen LogP contribution in [0.5, 0.6) is 11.5 Å². The molecule has 1 heterocycles. The van der Waals surface area contributed by atoms with E-state index in [2.05, 4.69) is 0 Å². The van der Waals surface area contributed by atoms with Crippen LogP contribution in [0.3, 0.4) is 0 Å². The van der Waals surface area contributed by atoms with Crippen LogP contribution in [0.2, 0.25) is 0 Å². The standard InChI is InChI=1S/C17H18O6/c1-5-6-13-9(2)16-14(22-11(4)19)7-12(21-10(3)18)8-15(16)23-17(13)20/h7-8H,5-6H2,1-4H3. The summed E-state index contributed by atoms with van der Waals surface area (Å²) in [5, 5.41) is 0.527. The summed E-state index contributed by atoms with van der Waals surface area (Å²) >= 11 is 0. The van der Waals surface area contributed by atoms with Crippen LogP contribution in [-0.2, 0) is 16.0 Å². The van der Waals surface area contributed by atoms with Gasteiger partial charge in [-0.2, -0.15) is 0 Å². The van der Waals surface area contributed by atoms with Gasteiger partial charge in [0, 0.05) is 31.5 Å². The van der Waals surface area contributed by atoms with E-state index in [4.69, 9.17) is 13.9 Å². The van der Waals surface area contributed by atoms with E-state index in [0.29, 0.717) is 22.9 Å². The van der Waals surface area contributed by atoms with Crippen LogP contribution in [0, 0.1) is 6.92 Å². The molecule has 0 bridgehead atoms. The van der Waals surface area contributed by atoms with Gasteiger partial charge in [0.1, 0.15) is 17.1 Å². The van der Waals surface area contributed by atoms with Crippen molar-refractivity contribution in [3.8, 4) is 11.5 Å². The number of benzene rings is 1. The number of aryl methyl sites for hydroxylation is 1. The quantitative estimate of drug-likeness (QED) is 0.490. The van der Waals surface area contributed by atoms with Gasteiger partial charge in [0.15, 0.2) is 0 Å². The van der Waals surface area contributed by atoms with E-state index < -0.39 is 17.6 Å². The van der Waals surface area contributed by atoms with E-state index in [9.17, 15) is 14.4 Å². The highest BCUT2D eigenvalue weighted by molar-refractivity contribution is 5.91. The summed E-state index contributed by atoms with van der Waals surface area (Å²) in [6.07, 6.45) is 1.35. The second-order valence-electron chi connectivity index (χ2n) is 5.22. The fourth-order valence-electron chi connectivity index (χ4n) is 2.48. The molecule has 0 aliphatic rings. The lowest BCUT2D eigenvalue weighted by molar-refractivity contribution is -0.132. The second kappa shape index (κ2) is 6.64. The molecule has 0 saturated heterocycles. The molecule has 0 spiro atoms. The molecule has 0 saturated carbocycles. The van der Waals surface area contributed by atoms with Crippen LogP contribution in [-0.4, -0.2) is 11.9 Å². The molecule has 1 aromatic carbocycles. The maximum absolute atomic E-state index is 12.1. The molecular formula is C17H18O6. The lowest BCUT2D eigenvalue weighted by Gasteiger charge is -2.12. The largest absolute Gasteiger partial charge is 0.426 e. The molecule has 0 atom stereocenters. The van der Waals surface area contributed by atoms with Crippen LogP contribution in [0.25, 0.3) is 11.0 Å². The SMILES string of the molecule is CCCc1c(C)c2c(OC(C)=O)cc(OC(C)=O)cc2oc1=O. The first-order valence-electron chi connectivity index (χ1n) is 7.30. The van der Waals surface area contributed by atoms with Gasteiger partial charge in [-0.05, 0) is 18.9 Å². The molecule has 6 nitrogen and oxygen atoms in total. The monoisotopic (exact) mass is 318 g/mol. The summed E-state index contributed by atoms with van der Waals surface area (Å²) in [6, 6.07) is 2.88. The smallest absolute Gasteiger partial charge is 0.339 e. The molecule has 23 heavy (non-hydrogen) atoms. The maximum Gasteiger partial charge on any atom is 0.339 e. The third kappa shape index (κ3) is 3.59. The van der Waals surface area contributed by atoms with E-state index >= 15 is 0 Å². The van der Waals surface area contributed by atoms with Gasteiger partial charge in [0.05, 0.1) is 5.39 Å². The molecule has 1 aromatic heterocycles. The van der Waals surface area contributed by atoms with Crippen molar-refractivity contribution in [3.63, 3.8) is 0 Å². The number of carbonyl (C=O) groups is 2. The number of ether oxygens (including phenoxy) is 2. The second-order valence-corrected chi connectivity index (χ2v) is 5.22. The highest BCUT2D eigenvalue weighted by atomic mass is 16.5. The van der Waals surface area contributed by atoms with E-state index in [1.807, 2.05) is 6.92 Å². The average Bonchev–Trinajstić information content (AvgIpc) is 2.41. The summed E-state index contributed by atoms with van der Waals surface area (Å²) in [5.74, 6) is -0.703. The Balaban J connectivity index is 2.78. The van der Waals surface area contributed by atoms with Gasteiger partial charge in [0.2, 0.25) is 0 Å². The molecule has 122 valence electrons. The summed E-state index contributed by atoms with van der Waals surface area (Å²) in [5.41, 5.74) is 1.02. The van der Waals surface area contributed by atoms with Gasteiger partial charge in [-0.3, -0.25) is 9.59 Å². The molecule has 0 radical (unpaired) electrons. The summed E-state index contributed by atoms with van der Waals surface area (Å²) in [7, 11) is 0. The number of fused-ring (bicyclic) bond motifs is 1. The fourth-order valence-corrected chi connectivity index (χ4v) is 2.48. The van der Waals surface area contributed by atoms with Crippen LogP contribution in [0.15, 0.2) is 21.3 Å². The van der Waals surface area contributed by atoms with Crippen molar-refractivity contribution in [3.05, 3.63) is 33.7 Å². The summed E-state index contributed by atoms with van der Waals surface area (Å²) in [4.78, 5) is 34.6. The third-order valence-electron chi connectivity index (χ3n) is 3.33. The minimum atomic E-state index is -0.528. The number of esters is 2. The van der Waals surface area contributed by atoms with Crippen molar-refractivity contribution in [1.29, 1.82) is 0 Å². The molecule has 2 rings (SSSR count). The van der Waals surface area contributed by atoms with E-state index in [1.54, 1.807) is 6.92 Å². The third-order valence-corrected chi connectivity index (χ3v) is 3.33. The molecular weight excluding hydrogens is 300 g/mol. The lowest BCUT2D eigenvalue weighted by Crippen LogP contribution is -2.12. The van der Waals surface area contributed by atoms with E-state index in [-0.39, 0.29) is 17.1 Å². The summed E-state index contributed by atoms with van der Waals surface area (Å²) < 4.78 is 15.6. The highest BCUT2D eigenvalue weighted by Gasteiger charge is 2.18. The Morgan fingerprint density at radius 1 is 1.13 bits per heavy atom. The topological polar surface area (TPSA) is 82.8 Å². The first-order chi connectivity index (χ1) is 10.8. The molecule has 0 unspecified atom stereocenters. The molecule has 0 fully saturated rings. The average molecular weight is 318 g/mol. The zero-order chi connectivity index (χ0) is 17.1. The van der Waals surface area contributed by atoms with Crippen LogP contribution < -0.4 is 15.1 Å². The molecule has 6 heteroatoms. The maximum atomic E-state index is 12.1. The number of carbonyl (C=O) groups excluding carboxylic acids is 2. The van der Waals surface area contributed by atoms with Crippen molar-refractivity contribution in [2.45, 2.75) is 40.5 Å². The Morgan fingerprint density at radius 2 is 1.78 bits per heavy atom. The number of hydrogen-bond acceptors (Lipinski definition) is 6. The Hall–Kier alpha value is -2.63. The summed E-state index contributed by atoms with van der Waals surface area (Å²) in [6.45, 7) is 6.26. The van der Waals surface area contributed by atoms with Crippen LogP contribution in [0.4, 0.5) is 0 Å². The van der Waals surface area contributed by atoms with Gasteiger partial charge >= 0.3 is 17.6 Å². The lowest BCUT2D eigenvalue weighted by atomic mass is 10.0. The first-order valence-corrected chi connectivity index (χ1v) is 7.30. The highest BCUT2D eigenvalue weighted by Crippen LogP contribution is 2.34. The normalized spacial score (nSPS) is 10.6. The number of hydrogen-bond donors (Lipinski definition) is 0. The van der Waals surface area contributed by atoms with E-state index in [1.165, 1.54) is 26.0 Å². The molecule has 0 aliphatic heterocycles.